The van der Waals surface area contributed by atoms with Crippen LogP contribution in [0.25, 0.3) is 0 Å². The molecule has 0 fully saturated rings. The Labute approximate surface area is 68.7 Å². The van der Waals surface area contributed by atoms with Gasteiger partial charge in [0.2, 0.25) is 0 Å². The summed E-state index contributed by atoms with van der Waals surface area (Å²) in [4.78, 5) is 0. The molecule has 5 heteroatoms. The van der Waals surface area contributed by atoms with Crippen molar-refractivity contribution < 1.29 is 22.3 Å². The number of hydrogen-bond acceptors (Lipinski definition) is 1. The molecule has 74 valence electrons. The van der Waals surface area contributed by atoms with E-state index in [0.717, 1.165) is 0 Å². The molecule has 0 saturated carbocycles. The van der Waals surface area contributed by atoms with E-state index >= 15 is 0 Å². The highest BCUT2D eigenvalue weighted by Crippen LogP contribution is 2.19. The topological polar surface area (TPSA) is 9.23 Å². The van der Waals surface area contributed by atoms with Crippen LogP contribution in [0.2, 0.25) is 0 Å². The second-order valence-electron chi connectivity index (χ2n) is 2.77. The lowest BCUT2D eigenvalue weighted by Gasteiger charge is -2.16. The maximum Gasteiger partial charge on any atom is 0.270 e. The molecule has 0 amide bonds. The fourth-order valence-corrected chi connectivity index (χ4v) is 0.482. The van der Waals surface area contributed by atoms with Crippen LogP contribution in [-0.4, -0.2) is 25.1 Å². The monoisotopic (exact) mass is 188 g/mol. The molecule has 0 aromatic rings. The Morgan fingerprint density at radius 2 is 1.58 bits per heavy atom. The summed E-state index contributed by atoms with van der Waals surface area (Å²) in [5.41, 5.74) is 0. The highest BCUT2D eigenvalue weighted by Gasteiger charge is 2.29. The molecule has 0 spiro atoms. The standard InChI is InChI=1S/C7H12F4O/c1-3-7(10,11)5-12-4-6(2,8)9/h3-5H2,1-2H3. The number of halogens is 4. The zero-order chi connectivity index (χ0) is 9.83. The number of ether oxygens (including phenoxy) is 1. The van der Waals surface area contributed by atoms with Crippen LogP contribution in [0.4, 0.5) is 17.6 Å². The average Bonchev–Trinajstić information content (AvgIpc) is 1.84. The summed E-state index contributed by atoms with van der Waals surface area (Å²) in [6, 6.07) is 0. The molecule has 0 bridgehead atoms. The van der Waals surface area contributed by atoms with Gasteiger partial charge in [-0.25, -0.2) is 17.6 Å². The van der Waals surface area contributed by atoms with Crippen molar-refractivity contribution in [3.63, 3.8) is 0 Å². The fourth-order valence-electron chi connectivity index (χ4n) is 0.482. The number of alkyl halides is 4. The van der Waals surface area contributed by atoms with Crippen LogP contribution in [-0.2, 0) is 4.74 Å². The van der Waals surface area contributed by atoms with E-state index in [0.29, 0.717) is 6.92 Å². The molecular formula is C7H12F4O. The van der Waals surface area contributed by atoms with Gasteiger partial charge in [0, 0.05) is 13.3 Å². The van der Waals surface area contributed by atoms with E-state index in [-0.39, 0.29) is 0 Å². The van der Waals surface area contributed by atoms with Crippen molar-refractivity contribution in [3.05, 3.63) is 0 Å². The zero-order valence-electron chi connectivity index (χ0n) is 7.04. The predicted molar refractivity (Wildman–Crippen MR) is 36.7 cm³/mol. The molecule has 0 aliphatic heterocycles. The first-order chi connectivity index (χ1) is 5.27. The lowest BCUT2D eigenvalue weighted by Crippen LogP contribution is -2.27. The van der Waals surface area contributed by atoms with Gasteiger partial charge in [-0.2, -0.15) is 0 Å². The Hall–Kier alpha value is -0.320. The maximum absolute atomic E-state index is 12.4. The lowest BCUT2D eigenvalue weighted by molar-refractivity contribution is -0.123. The highest BCUT2D eigenvalue weighted by molar-refractivity contribution is 4.63. The van der Waals surface area contributed by atoms with Crippen molar-refractivity contribution in [1.82, 2.24) is 0 Å². The minimum atomic E-state index is -3.04. The van der Waals surface area contributed by atoms with Crippen LogP contribution in [0.3, 0.4) is 0 Å². The second kappa shape index (κ2) is 4.07. The van der Waals surface area contributed by atoms with Crippen molar-refractivity contribution in [2.75, 3.05) is 13.2 Å². The molecule has 0 aromatic heterocycles. The fraction of sp³-hybridized carbons (Fsp3) is 1.00. The van der Waals surface area contributed by atoms with Crippen molar-refractivity contribution in [3.8, 4) is 0 Å². The van der Waals surface area contributed by atoms with E-state index in [1.165, 1.54) is 6.92 Å². The minimum Gasteiger partial charge on any atom is -0.369 e. The first-order valence-corrected chi connectivity index (χ1v) is 3.60. The summed E-state index contributed by atoms with van der Waals surface area (Å²) in [5.74, 6) is -6.03. The SMILES string of the molecule is CCC(F)(F)COCC(C)(F)F. The molecule has 0 saturated heterocycles. The molecular weight excluding hydrogens is 176 g/mol. The van der Waals surface area contributed by atoms with Crippen molar-refractivity contribution in [2.45, 2.75) is 32.1 Å². The Bertz CT molecular complexity index is 130. The first kappa shape index (κ1) is 11.7. The Kier molecular flexibility index (Phi) is 3.96. The summed E-state index contributed by atoms with van der Waals surface area (Å²) in [5, 5.41) is 0. The van der Waals surface area contributed by atoms with Crippen LogP contribution >= 0.6 is 0 Å². The first-order valence-electron chi connectivity index (χ1n) is 3.60. The molecule has 0 atom stereocenters. The Morgan fingerprint density at radius 3 is 1.92 bits per heavy atom. The van der Waals surface area contributed by atoms with Gasteiger partial charge >= 0.3 is 0 Å². The predicted octanol–water partition coefficient (Wildman–Crippen LogP) is 2.70. The third-order valence-electron chi connectivity index (χ3n) is 1.19. The maximum atomic E-state index is 12.4. The molecule has 0 radical (unpaired) electrons. The molecule has 0 unspecified atom stereocenters. The normalized spacial score (nSPS) is 13.5. The van der Waals surface area contributed by atoms with Crippen molar-refractivity contribution in [2.24, 2.45) is 0 Å². The Balaban J connectivity index is 3.57. The molecule has 0 rings (SSSR count). The van der Waals surface area contributed by atoms with Gasteiger partial charge in [0.05, 0.1) is 0 Å². The van der Waals surface area contributed by atoms with Gasteiger partial charge in [0.25, 0.3) is 11.8 Å². The molecule has 0 aromatic carbocycles. The van der Waals surface area contributed by atoms with E-state index in [1.54, 1.807) is 0 Å². The van der Waals surface area contributed by atoms with E-state index in [9.17, 15) is 17.6 Å². The molecule has 0 aliphatic carbocycles. The summed E-state index contributed by atoms with van der Waals surface area (Å²) >= 11 is 0. The van der Waals surface area contributed by atoms with Crippen LogP contribution in [0.15, 0.2) is 0 Å². The van der Waals surface area contributed by atoms with Gasteiger partial charge in [-0.3, -0.25) is 0 Å². The van der Waals surface area contributed by atoms with Crippen LogP contribution in [0, 0.1) is 0 Å². The van der Waals surface area contributed by atoms with Crippen molar-refractivity contribution in [1.29, 1.82) is 0 Å². The van der Waals surface area contributed by atoms with Gasteiger partial charge in [-0.05, 0) is 0 Å². The summed E-state index contributed by atoms with van der Waals surface area (Å²) < 4.78 is 52.9. The molecule has 0 aliphatic rings. The van der Waals surface area contributed by atoms with E-state index < -0.39 is 31.5 Å². The molecule has 0 heterocycles. The lowest BCUT2D eigenvalue weighted by atomic mass is 10.3. The molecule has 12 heavy (non-hydrogen) atoms. The molecule has 0 N–H and O–H groups in total. The third kappa shape index (κ3) is 6.39. The van der Waals surface area contributed by atoms with E-state index in [2.05, 4.69) is 4.74 Å². The van der Waals surface area contributed by atoms with Gasteiger partial charge in [0.15, 0.2) is 0 Å². The van der Waals surface area contributed by atoms with Crippen LogP contribution in [0.5, 0.6) is 0 Å². The van der Waals surface area contributed by atoms with Gasteiger partial charge in [0.1, 0.15) is 13.2 Å². The van der Waals surface area contributed by atoms with Crippen LogP contribution in [0.1, 0.15) is 20.3 Å². The summed E-state index contributed by atoms with van der Waals surface area (Å²) in [7, 11) is 0. The summed E-state index contributed by atoms with van der Waals surface area (Å²) in [6.45, 7) is 0.0000567. The highest BCUT2D eigenvalue weighted by atomic mass is 19.3. The third-order valence-corrected chi connectivity index (χ3v) is 1.19. The van der Waals surface area contributed by atoms with Gasteiger partial charge in [-0.15, -0.1) is 0 Å². The number of rotatable bonds is 5. The minimum absolute atomic E-state index is 0.401. The van der Waals surface area contributed by atoms with E-state index in [4.69, 9.17) is 0 Å². The van der Waals surface area contributed by atoms with Gasteiger partial charge in [-0.1, -0.05) is 6.92 Å². The smallest absolute Gasteiger partial charge is 0.270 e. The Morgan fingerprint density at radius 1 is 1.08 bits per heavy atom. The second-order valence-corrected chi connectivity index (χ2v) is 2.77. The van der Waals surface area contributed by atoms with Crippen LogP contribution < -0.4 is 0 Å². The van der Waals surface area contributed by atoms with Crippen molar-refractivity contribution >= 4 is 0 Å². The number of hydrogen-bond donors (Lipinski definition) is 0. The van der Waals surface area contributed by atoms with Gasteiger partial charge < -0.3 is 4.74 Å². The molecule has 1 nitrogen and oxygen atoms in total. The quantitative estimate of drug-likeness (QED) is 0.603. The average molecular weight is 188 g/mol. The zero-order valence-corrected chi connectivity index (χ0v) is 7.04. The largest absolute Gasteiger partial charge is 0.369 e. The van der Waals surface area contributed by atoms with E-state index in [1.807, 2.05) is 0 Å². The summed E-state index contributed by atoms with van der Waals surface area (Å²) in [6.07, 6.45) is -0.401.